The van der Waals surface area contributed by atoms with Crippen LogP contribution >= 0.6 is 0 Å². The van der Waals surface area contributed by atoms with Crippen LogP contribution in [0, 0.1) is 6.92 Å². The van der Waals surface area contributed by atoms with Gasteiger partial charge in [0.05, 0.1) is 7.11 Å². The molecule has 110 valence electrons. The number of hydrogen-bond acceptors (Lipinski definition) is 4. The smallest absolute Gasteiger partial charge is 0.163 e. The Labute approximate surface area is 123 Å². The molecule has 0 spiro atoms. The molecule has 0 saturated carbocycles. The SMILES string of the molecule is COc1cc(C)ccc1OC1COc2ccccc2C1O. The Morgan fingerprint density at radius 3 is 2.76 bits per heavy atom. The van der Waals surface area contributed by atoms with Gasteiger partial charge in [0.25, 0.3) is 0 Å². The summed E-state index contributed by atoms with van der Waals surface area (Å²) < 4.78 is 16.9. The molecule has 4 nitrogen and oxygen atoms in total. The van der Waals surface area contributed by atoms with Gasteiger partial charge in [-0.2, -0.15) is 0 Å². The van der Waals surface area contributed by atoms with Crippen LogP contribution in [0.5, 0.6) is 17.2 Å². The van der Waals surface area contributed by atoms with E-state index in [1.54, 1.807) is 7.11 Å². The number of ether oxygens (including phenoxy) is 3. The molecule has 1 aliphatic heterocycles. The summed E-state index contributed by atoms with van der Waals surface area (Å²) in [7, 11) is 1.60. The van der Waals surface area contributed by atoms with Crippen LogP contribution < -0.4 is 14.2 Å². The van der Waals surface area contributed by atoms with E-state index in [1.165, 1.54) is 0 Å². The number of aryl methyl sites for hydroxylation is 1. The van der Waals surface area contributed by atoms with Gasteiger partial charge in [-0.3, -0.25) is 0 Å². The molecule has 2 aromatic rings. The molecular weight excluding hydrogens is 268 g/mol. The van der Waals surface area contributed by atoms with Crippen LogP contribution in [0.15, 0.2) is 42.5 Å². The van der Waals surface area contributed by atoms with E-state index in [9.17, 15) is 5.11 Å². The van der Waals surface area contributed by atoms with E-state index >= 15 is 0 Å². The molecule has 1 heterocycles. The maximum absolute atomic E-state index is 10.5. The molecule has 0 saturated heterocycles. The zero-order valence-corrected chi connectivity index (χ0v) is 12.1. The summed E-state index contributed by atoms with van der Waals surface area (Å²) in [4.78, 5) is 0. The molecular formula is C17H18O4. The van der Waals surface area contributed by atoms with E-state index in [0.29, 0.717) is 23.9 Å². The van der Waals surface area contributed by atoms with Crippen molar-refractivity contribution in [2.24, 2.45) is 0 Å². The van der Waals surface area contributed by atoms with Crippen molar-refractivity contribution in [3.8, 4) is 17.2 Å². The Morgan fingerprint density at radius 2 is 1.95 bits per heavy atom. The Kier molecular flexibility index (Phi) is 3.71. The number of rotatable bonds is 3. The van der Waals surface area contributed by atoms with Crippen LogP contribution in [0.2, 0.25) is 0 Å². The normalized spacial score (nSPS) is 20.3. The zero-order chi connectivity index (χ0) is 14.8. The highest BCUT2D eigenvalue weighted by atomic mass is 16.6. The van der Waals surface area contributed by atoms with Crippen LogP contribution in [-0.2, 0) is 0 Å². The number of hydrogen-bond donors (Lipinski definition) is 1. The molecule has 1 aliphatic rings. The molecule has 0 aromatic heterocycles. The minimum atomic E-state index is -0.721. The Bertz CT molecular complexity index is 638. The molecule has 1 N–H and O–H groups in total. The second-order valence-corrected chi connectivity index (χ2v) is 5.10. The third-order valence-corrected chi connectivity index (χ3v) is 3.59. The lowest BCUT2D eigenvalue weighted by atomic mass is 10.0. The van der Waals surface area contributed by atoms with Crippen molar-refractivity contribution in [3.63, 3.8) is 0 Å². The van der Waals surface area contributed by atoms with Gasteiger partial charge in [0.15, 0.2) is 17.6 Å². The Hall–Kier alpha value is -2.20. The summed E-state index contributed by atoms with van der Waals surface area (Å²) in [6.45, 7) is 2.29. The van der Waals surface area contributed by atoms with Crippen molar-refractivity contribution in [1.82, 2.24) is 0 Å². The number of aliphatic hydroxyl groups is 1. The van der Waals surface area contributed by atoms with E-state index in [-0.39, 0.29) is 0 Å². The first-order valence-corrected chi connectivity index (χ1v) is 6.90. The summed E-state index contributed by atoms with van der Waals surface area (Å²) in [6, 6.07) is 13.2. The van der Waals surface area contributed by atoms with Crippen molar-refractivity contribution in [2.75, 3.05) is 13.7 Å². The number of benzene rings is 2. The molecule has 2 aromatic carbocycles. The maximum atomic E-state index is 10.5. The van der Waals surface area contributed by atoms with Crippen molar-refractivity contribution < 1.29 is 19.3 Å². The van der Waals surface area contributed by atoms with Gasteiger partial charge in [-0.15, -0.1) is 0 Å². The summed E-state index contributed by atoms with van der Waals surface area (Å²) in [5.41, 5.74) is 1.84. The van der Waals surface area contributed by atoms with E-state index in [1.807, 2.05) is 49.4 Å². The highest BCUT2D eigenvalue weighted by Crippen LogP contribution is 2.36. The highest BCUT2D eigenvalue weighted by molar-refractivity contribution is 5.43. The lowest BCUT2D eigenvalue weighted by Crippen LogP contribution is -2.35. The molecule has 0 radical (unpaired) electrons. The molecule has 0 amide bonds. The maximum Gasteiger partial charge on any atom is 0.163 e. The van der Waals surface area contributed by atoms with Crippen molar-refractivity contribution >= 4 is 0 Å². The van der Waals surface area contributed by atoms with Crippen molar-refractivity contribution in [1.29, 1.82) is 0 Å². The zero-order valence-electron chi connectivity index (χ0n) is 12.1. The van der Waals surface area contributed by atoms with Gasteiger partial charge in [-0.25, -0.2) is 0 Å². The second kappa shape index (κ2) is 5.66. The third-order valence-electron chi connectivity index (χ3n) is 3.59. The predicted molar refractivity (Wildman–Crippen MR) is 79.0 cm³/mol. The van der Waals surface area contributed by atoms with Crippen LogP contribution in [0.4, 0.5) is 0 Å². The van der Waals surface area contributed by atoms with Gasteiger partial charge < -0.3 is 19.3 Å². The van der Waals surface area contributed by atoms with E-state index in [2.05, 4.69) is 0 Å². The number of aliphatic hydroxyl groups excluding tert-OH is 1. The number of fused-ring (bicyclic) bond motifs is 1. The van der Waals surface area contributed by atoms with Crippen LogP contribution in [0.1, 0.15) is 17.2 Å². The molecule has 4 heteroatoms. The predicted octanol–water partition coefficient (Wildman–Crippen LogP) is 2.88. The third kappa shape index (κ3) is 2.67. The van der Waals surface area contributed by atoms with Crippen LogP contribution in [0.3, 0.4) is 0 Å². The fourth-order valence-electron chi connectivity index (χ4n) is 2.45. The van der Waals surface area contributed by atoms with Gasteiger partial charge >= 0.3 is 0 Å². The molecule has 0 aliphatic carbocycles. The molecule has 3 rings (SSSR count). The average molecular weight is 286 g/mol. The fraction of sp³-hybridized carbons (Fsp3) is 0.294. The van der Waals surface area contributed by atoms with Gasteiger partial charge in [0, 0.05) is 5.56 Å². The minimum absolute atomic E-state index is 0.301. The standard InChI is InChI=1S/C17H18O4/c1-11-7-8-14(15(9-11)19-2)21-16-10-20-13-6-4-3-5-12(13)17(16)18/h3-9,16-18H,10H2,1-2H3. The van der Waals surface area contributed by atoms with Crippen LogP contribution in [0.25, 0.3) is 0 Å². The topological polar surface area (TPSA) is 47.9 Å². The number of methoxy groups -OCH3 is 1. The van der Waals surface area contributed by atoms with Crippen molar-refractivity contribution in [3.05, 3.63) is 53.6 Å². The van der Waals surface area contributed by atoms with E-state index in [0.717, 1.165) is 11.1 Å². The summed E-state index contributed by atoms with van der Waals surface area (Å²) in [5.74, 6) is 1.97. The highest BCUT2D eigenvalue weighted by Gasteiger charge is 2.31. The summed E-state index contributed by atoms with van der Waals surface area (Å²) in [5, 5.41) is 10.5. The monoisotopic (exact) mass is 286 g/mol. The minimum Gasteiger partial charge on any atom is -0.493 e. The summed E-state index contributed by atoms with van der Waals surface area (Å²) >= 11 is 0. The van der Waals surface area contributed by atoms with E-state index in [4.69, 9.17) is 14.2 Å². The van der Waals surface area contributed by atoms with Gasteiger partial charge in [-0.05, 0) is 30.7 Å². The lowest BCUT2D eigenvalue weighted by Gasteiger charge is -2.30. The molecule has 0 bridgehead atoms. The average Bonchev–Trinajstić information content (AvgIpc) is 2.51. The second-order valence-electron chi connectivity index (χ2n) is 5.10. The largest absolute Gasteiger partial charge is 0.493 e. The molecule has 0 fully saturated rings. The van der Waals surface area contributed by atoms with E-state index < -0.39 is 12.2 Å². The quantitative estimate of drug-likeness (QED) is 0.942. The van der Waals surface area contributed by atoms with Crippen molar-refractivity contribution in [2.45, 2.75) is 19.1 Å². The first kappa shape index (κ1) is 13.8. The number of para-hydroxylation sites is 1. The van der Waals surface area contributed by atoms with Gasteiger partial charge in [0.2, 0.25) is 0 Å². The molecule has 2 atom stereocenters. The molecule has 21 heavy (non-hydrogen) atoms. The molecule has 2 unspecified atom stereocenters. The first-order chi connectivity index (χ1) is 10.2. The summed E-state index contributed by atoms with van der Waals surface area (Å²) in [6.07, 6.45) is -1.18. The van der Waals surface area contributed by atoms with Crippen LogP contribution in [-0.4, -0.2) is 24.9 Å². The Morgan fingerprint density at radius 1 is 1.14 bits per heavy atom. The fourth-order valence-corrected chi connectivity index (χ4v) is 2.45. The lowest BCUT2D eigenvalue weighted by molar-refractivity contribution is -0.0113. The first-order valence-electron chi connectivity index (χ1n) is 6.90. The Balaban J connectivity index is 1.84. The van der Waals surface area contributed by atoms with Gasteiger partial charge in [-0.1, -0.05) is 24.3 Å². The van der Waals surface area contributed by atoms with Gasteiger partial charge in [0.1, 0.15) is 18.5 Å².